The Morgan fingerprint density at radius 2 is 1.83 bits per heavy atom. The zero-order valence-electron chi connectivity index (χ0n) is 29.7. The minimum absolute atomic E-state index is 0.0742. The molecule has 6 heterocycles. The summed E-state index contributed by atoms with van der Waals surface area (Å²) >= 11 is 4.88. The second-order valence-electron chi connectivity index (χ2n) is 14.3. The van der Waals surface area contributed by atoms with Crippen molar-refractivity contribution in [3.05, 3.63) is 85.6 Å². The molecule has 3 fully saturated rings. The van der Waals surface area contributed by atoms with E-state index in [1.165, 1.54) is 16.9 Å². The third kappa shape index (κ3) is 7.14. The van der Waals surface area contributed by atoms with E-state index < -0.39 is 29.7 Å². The molecule has 2 aromatic carbocycles. The van der Waals surface area contributed by atoms with Crippen molar-refractivity contribution in [1.82, 2.24) is 24.5 Å². The maximum atomic E-state index is 13.6. The van der Waals surface area contributed by atoms with Gasteiger partial charge in [-0.25, -0.2) is 4.98 Å². The molecule has 0 bridgehead atoms. The van der Waals surface area contributed by atoms with Gasteiger partial charge in [0.05, 0.1) is 29.5 Å². The van der Waals surface area contributed by atoms with E-state index in [0.29, 0.717) is 52.8 Å². The number of benzene rings is 2. The standard InChI is InChI=1S/C38H40BrN7O7S/c1-43-19-23(18-24(20-43)40-33-32(39)37(51)45-14-17-54-38(45)42-33)22-7-9-25(10-8-22)52-15-16-53-26-4-3-13-44(21-26)28-6-2-5-27-31(28)36(50)46(35(27)49)29-11-12-30(47)41-34(29)48/h2,5-10,14,17,23-24,26,29,40H,3-4,11-13,15-16,18-21H2,1H3,(H,41,47,48)/t23-,24+,26?,29?/m0/s1. The molecule has 4 aromatic rings. The van der Waals surface area contributed by atoms with Crippen LogP contribution < -0.4 is 25.8 Å². The molecule has 0 saturated carbocycles. The number of hydrogen-bond acceptors (Lipinski definition) is 12. The van der Waals surface area contributed by atoms with Gasteiger partial charge in [0.1, 0.15) is 28.7 Å². The Balaban J connectivity index is 0.836. The molecule has 4 aliphatic heterocycles. The number of anilines is 2. The molecular weight excluding hydrogens is 778 g/mol. The summed E-state index contributed by atoms with van der Waals surface area (Å²) in [6.07, 6.45) is 4.42. The van der Waals surface area contributed by atoms with Crippen LogP contribution in [0.5, 0.6) is 5.75 Å². The minimum atomic E-state index is -1.01. The summed E-state index contributed by atoms with van der Waals surface area (Å²) in [4.78, 5) is 74.6. The van der Waals surface area contributed by atoms with Crippen LogP contribution in [0.3, 0.4) is 0 Å². The number of amides is 4. The molecule has 16 heteroatoms. The van der Waals surface area contributed by atoms with Crippen molar-refractivity contribution < 1.29 is 28.7 Å². The molecular formula is C38H40BrN7O7S. The summed E-state index contributed by atoms with van der Waals surface area (Å²) in [5.41, 5.74) is 2.31. The number of nitrogens with zero attached hydrogens (tertiary/aromatic N) is 5. The van der Waals surface area contributed by atoms with Crippen molar-refractivity contribution in [2.24, 2.45) is 0 Å². The maximum Gasteiger partial charge on any atom is 0.275 e. The van der Waals surface area contributed by atoms with E-state index in [1.807, 2.05) is 23.6 Å². The normalized spacial score (nSPS) is 23.5. The van der Waals surface area contributed by atoms with Crippen LogP contribution in [0.2, 0.25) is 0 Å². The van der Waals surface area contributed by atoms with E-state index in [0.717, 1.165) is 43.0 Å². The van der Waals surface area contributed by atoms with Crippen LogP contribution in [0, 0.1) is 0 Å². The quantitative estimate of drug-likeness (QED) is 0.177. The van der Waals surface area contributed by atoms with Crippen molar-refractivity contribution in [2.45, 2.75) is 56.2 Å². The Kier molecular flexibility index (Phi) is 10.3. The van der Waals surface area contributed by atoms with Gasteiger partial charge in [-0.05, 0) is 84.4 Å². The molecule has 2 N–H and O–H groups in total. The number of carbonyl (C=O) groups excluding carboxylic acids is 4. The second kappa shape index (κ2) is 15.2. The lowest BCUT2D eigenvalue weighted by Crippen LogP contribution is -2.54. The van der Waals surface area contributed by atoms with Crippen LogP contribution in [-0.2, 0) is 14.3 Å². The number of fused-ring (bicyclic) bond motifs is 2. The third-order valence-electron chi connectivity index (χ3n) is 10.6. The largest absolute Gasteiger partial charge is 0.491 e. The first-order chi connectivity index (χ1) is 26.1. The van der Waals surface area contributed by atoms with Gasteiger partial charge in [0.25, 0.3) is 17.4 Å². The average molecular weight is 819 g/mol. The minimum Gasteiger partial charge on any atom is -0.491 e. The van der Waals surface area contributed by atoms with Gasteiger partial charge in [-0.1, -0.05) is 18.2 Å². The van der Waals surface area contributed by atoms with Gasteiger partial charge in [0.15, 0.2) is 4.96 Å². The number of halogens is 1. The summed E-state index contributed by atoms with van der Waals surface area (Å²) in [7, 11) is 2.11. The average Bonchev–Trinajstić information content (AvgIpc) is 3.74. The van der Waals surface area contributed by atoms with Crippen LogP contribution in [0.4, 0.5) is 11.5 Å². The molecule has 3 saturated heterocycles. The number of carbonyl (C=O) groups is 4. The third-order valence-corrected chi connectivity index (χ3v) is 12.1. The molecule has 8 rings (SSSR count). The predicted octanol–water partition coefficient (Wildman–Crippen LogP) is 3.88. The number of rotatable bonds is 10. The smallest absolute Gasteiger partial charge is 0.275 e. The van der Waals surface area contributed by atoms with Gasteiger partial charge in [0, 0.05) is 50.2 Å². The highest BCUT2D eigenvalue weighted by Crippen LogP contribution is 2.36. The lowest BCUT2D eigenvalue weighted by molar-refractivity contribution is -0.136. The Labute approximate surface area is 323 Å². The van der Waals surface area contributed by atoms with Crippen molar-refractivity contribution in [3.63, 3.8) is 0 Å². The molecule has 14 nitrogen and oxygen atoms in total. The SMILES string of the molecule is CN1C[C@H](Nc2nc3sccn3c(=O)c2Br)C[C@H](c2ccc(OCCOC3CCCN(c4cccc5c4C(=O)N(C4CCC(=O)NC4=O)C5=O)C3)cc2)C1. The highest BCUT2D eigenvalue weighted by Gasteiger charge is 2.46. The number of nitrogens with one attached hydrogen (secondary N) is 2. The van der Waals surface area contributed by atoms with Crippen molar-refractivity contribution in [1.29, 1.82) is 0 Å². The van der Waals surface area contributed by atoms with Gasteiger partial charge in [-0.15, -0.1) is 11.3 Å². The second-order valence-corrected chi connectivity index (χ2v) is 15.9. The van der Waals surface area contributed by atoms with Crippen LogP contribution >= 0.6 is 27.3 Å². The molecule has 54 heavy (non-hydrogen) atoms. The first-order valence-corrected chi connectivity index (χ1v) is 19.9. The van der Waals surface area contributed by atoms with E-state index in [1.54, 1.807) is 22.7 Å². The Morgan fingerprint density at radius 3 is 2.65 bits per heavy atom. The first-order valence-electron chi connectivity index (χ1n) is 18.2. The predicted molar refractivity (Wildman–Crippen MR) is 206 cm³/mol. The van der Waals surface area contributed by atoms with Crippen LogP contribution in [-0.4, -0.2) is 107 Å². The van der Waals surface area contributed by atoms with E-state index in [9.17, 15) is 24.0 Å². The number of thiazole rings is 1. The van der Waals surface area contributed by atoms with E-state index >= 15 is 0 Å². The lowest BCUT2D eigenvalue weighted by Gasteiger charge is -2.36. The molecule has 4 amide bonds. The Bertz CT molecular complexity index is 2170. The Hall–Kier alpha value is -4.64. The number of hydrogen-bond donors (Lipinski definition) is 2. The van der Waals surface area contributed by atoms with E-state index in [-0.39, 0.29) is 42.0 Å². The highest BCUT2D eigenvalue weighted by atomic mass is 79.9. The Morgan fingerprint density at radius 1 is 1.00 bits per heavy atom. The summed E-state index contributed by atoms with van der Waals surface area (Å²) < 4.78 is 14.3. The van der Waals surface area contributed by atoms with Crippen molar-refractivity contribution in [3.8, 4) is 5.75 Å². The van der Waals surface area contributed by atoms with Gasteiger partial charge < -0.3 is 24.6 Å². The summed E-state index contributed by atoms with van der Waals surface area (Å²) in [5, 5.41) is 7.62. The zero-order chi connectivity index (χ0) is 37.5. The monoisotopic (exact) mass is 817 g/mol. The van der Waals surface area contributed by atoms with Crippen molar-refractivity contribution in [2.75, 3.05) is 56.7 Å². The van der Waals surface area contributed by atoms with Gasteiger partial charge in [-0.2, -0.15) is 0 Å². The summed E-state index contributed by atoms with van der Waals surface area (Å²) in [6.45, 7) is 3.76. The molecule has 282 valence electrons. The molecule has 4 aliphatic rings. The lowest BCUT2D eigenvalue weighted by atomic mass is 9.88. The number of ether oxygens (including phenoxy) is 2. The number of likely N-dealkylation sites (N-methyl/N-ethyl adjacent to an activating group) is 1. The van der Waals surface area contributed by atoms with Gasteiger partial charge in [0.2, 0.25) is 11.8 Å². The van der Waals surface area contributed by atoms with Gasteiger partial charge in [-0.3, -0.25) is 38.6 Å². The van der Waals surface area contributed by atoms with Crippen LogP contribution in [0.25, 0.3) is 4.96 Å². The van der Waals surface area contributed by atoms with E-state index in [2.05, 4.69) is 60.5 Å². The molecule has 0 spiro atoms. The van der Waals surface area contributed by atoms with Crippen LogP contribution in [0.1, 0.15) is 64.3 Å². The fraction of sp³-hybridized carbons (Fsp3) is 0.421. The van der Waals surface area contributed by atoms with Crippen molar-refractivity contribution >= 4 is 67.4 Å². The van der Waals surface area contributed by atoms with Crippen LogP contribution in [0.15, 0.2) is 63.3 Å². The maximum absolute atomic E-state index is 13.6. The fourth-order valence-corrected chi connectivity index (χ4v) is 9.18. The highest BCUT2D eigenvalue weighted by molar-refractivity contribution is 9.10. The molecule has 2 aromatic heterocycles. The number of aromatic nitrogens is 2. The van der Waals surface area contributed by atoms with Gasteiger partial charge >= 0.3 is 0 Å². The number of likely N-dealkylation sites (tertiary alicyclic amines) is 1. The number of piperidine rings is 3. The summed E-state index contributed by atoms with van der Waals surface area (Å²) in [5.74, 6) is -0.430. The number of imide groups is 2. The van der Waals surface area contributed by atoms with E-state index in [4.69, 9.17) is 9.47 Å². The zero-order valence-corrected chi connectivity index (χ0v) is 32.1. The molecule has 4 atom stereocenters. The molecule has 2 unspecified atom stereocenters. The topological polar surface area (TPSA) is 155 Å². The molecule has 0 radical (unpaired) electrons. The summed E-state index contributed by atoms with van der Waals surface area (Å²) in [6, 6.07) is 12.5. The fourth-order valence-electron chi connectivity index (χ4n) is 8.08. The first kappa shape index (κ1) is 36.3. The molecule has 0 aliphatic carbocycles.